The second-order valence-corrected chi connectivity index (χ2v) is 4.90. The molecule has 17 heavy (non-hydrogen) atoms. The molecule has 0 aliphatic carbocycles. The molecule has 0 saturated carbocycles. The van der Waals surface area contributed by atoms with Gasteiger partial charge in [-0.3, -0.25) is 4.98 Å². The average Bonchev–Trinajstić information content (AvgIpc) is 2.33. The highest BCUT2D eigenvalue weighted by Crippen LogP contribution is 2.22. The maximum absolute atomic E-state index is 9.33. The molecule has 0 spiro atoms. The number of halogens is 1. The zero-order valence-corrected chi connectivity index (χ0v) is 11.5. The fourth-order valence-corrected chi connectivity index (χ4v) is 1.70. The zero-order chi connectivity index (χ0) is 12.3. The lowest BCUT2D eigenvalue weighted by Gasteiger charge is -2.07. The number of hydrogen-bond acceptors (Lipinski definition) is 3. The number of aliphatic hydroxyl groups is 1. The lowest BCUT2D eigenvalue weighted by molar-refractivity contribution is 0.194. The summed E-state index contributed by atoms with van der Waals surface area (Å²) < 4.78 is 6.78. The van der Waals surface area contributed by atoms with Gasteiger partial charge in [-0.15, -0.1) is 0 Å². The van der Waals surface area contributed by atoms with Gasteiger partial charge in [0.25, 0.3) is 0 Å². The highest BCUT2D eigenvalue weighted by atomic mass is 127. The van der Waals surface area contributed by atoms with Crippen LogP contribution < -0.4 is 4.74 Å². The summed E-state index contributed by atoms with van der Waals surface area (Å²) in [6.45, 7) is 1.68. The Hall–Kier alpha value is -1.14. The average molecular weight is 341 g/mol. The summed E-state index contributed by atoms with van der Waals surface area (Å²) >= 11 is 2.24. The van der Waals surface area contributed by atoms with E-state index in [1.54, 1.807) is 25.3 Å². The maximum Gasteiger partial charge on any atom is 0.145 e. The fourth-order valence-electron chi connectivity index (χ4n) is 1.34. The topological polar surface area (TPSA) is 42.4 Å². The Labute approximate surface area is 114 Å². The van der Waals surface area contributed by atoms with Crippen molar-refractivity contribution in [3.05, 3.63) is 51.9 Å². The van der Waals surface area contributed by atoms with Crippen LogP contribution in [0.15, 0.2) is 42.6 Å². The molecule has 3 nitrogen and oxygen atoms in total. The first-order chi connectivity index (χ1) is 8.15. The third kappa shape index (κ3) is 3.41. The number of aliphatic hydroxyl groups excluding tert-OH is 1. The number of nitrogens with zero attached hydrogens (tertiary/aromatic N) is 1. The minimum Gasteiger partial charge on any atom is -0.456 e. The van der Waals surface area contributed by atoms with Gasteiger partial charge in [-0.25, -0.2) is 0 Å². The van der Waals surface area contributed by atoms with Gasteiger partial charge in [-0.1, -0.05) is 0 Å². The van der Waals surface area contributed by atoms with Crippen LogP contribution in [-0.2, 0) is 0 Å². The third-order valence-electron chi connectivity index (χ3n) is 2.24. The van der Waals surface area contributed by atoms with Crippen LogP contribution in [0.5, 0.6) is 11.5 Å². The minimum atomic E-state index is -0.553. The van der Waals surface area contributed by atoms with Crippen LogP contribution in [-0.4, -0.2) is 10.1 Å². The van der Waals surface area contributed by atoms with Crippen LogP contribution in [0.3, 0.4) is 0 Å². The molecule has 0 aliphatic heterocycles. The SMILES string of the molecule is C[C@@H](O)c1ccc(Oc2ccc(I)cc2)cn1. The van der Waals surface area contributed by atoms with Crippen LogP contribution >= 0.6 is 22.6 Å². The monoisotopic (exact) mass is 341 g/mol. The van der Waals surface area contributed by atoms with Gasteiger partial charge in [-0.05, 0) is 65.9 Å². The third-order valence-corrected chi connectivity index (χ3v) is 2.96. The van der Waals surface area contributed by atoms with Crippen molar-refractivity contribution in [2.24, 2.45) is 0 Å². The normalized spacial score (nSPS) is 12.2. The summed E-state index contributed by atoms with van der Waals surface area (Å²) in [5.41, 5.74) is 0.639. The Morgan fingerprint density at radius 3 is 2.29 bits per heavy atom. The van der Waals surface area contributed by atoms with Gasteiger partial charge in [0.15, 0.2) is 0 Å². The van der Waals surface area contributed by atoms with Gasteiger partial charge in [0.2, 0.25) is 0 Å². The fraction of sp³-hybridized carbons (Fsp3) is 0.154. The van der Waals surface area contributed by atoms with Crippen LogP contribution in [0.4, 0.5) is 0 Å². The molecule has 0 radical (unpaired) electrons. The second-order valence-electron chi connectivity index (χ2n) is 3.65. The van der Waals surface area contributed by atoms with Crippen molar-refractivity contribution in [3.8, 4) is 11.5 Å². The quantitative estimate of drug-likeness (QED) is 0.869. The molecule has 1 aromatic heterocycles. The summed E-state index contributed by atoms with van der Waals surface area (Å²) in [7, 11) is 0. The van der Waals surface area contributed by atoms with Gasteiger partial charge in [-0.2, -0.15) is 0 Å². The first kappa shape index (κ1) is 12.3. The molecule has 0 amide bonds. The van der Waals surface area contributed by atoms with E-state index in [9.17, 15) is 5.11 Å². The van der Waals surface area contributed by atoms with E-state index in [0.29, 0.717) is 11.4 Å². The second kappa shape index (κ2) is 5.46. The Kier molecular flexibility index (Phi) is 3.96. The molecule has 4 heteroatoms. The van der Waals surface area contributed by atoms with E-state index in [0.717, 1.165) is 9.32 Å². The summed E-state index contributed by atoms with van der Waals surface area (Å²) in [4.78, 5) is 4.12. The van der Waals surface area contributed by atoms with Crippen molar-refractivity contribution >= 4 is 22.6 Å². The highest BCUT2D eigenvalue weighted by Gasteiger charge is 2.03. The van der Waals surface area contributed by atoms with Crippen LogP contribution in [0, 0.1) is 3.57 Å². The van der Waals surface area contributed by atoms with Crippen LogP contribution in [0.2, 0.25) is 0 Å². The van der Waals surface area contributed by atoms with Crippen molar-refractivity contribution in [2.75, 3.05) is 0 Å². The van der Waals surface area contributed by atoms with E-state index in [1.807, 2.05) is 24.3 Å². The molecule has 1 aromatic carbocycles. The Balaban J connectivity index is 2.11. The number of aromatic nitrogens is 1. The van der Waals surface area contributed by atoms with Gasteiger partial charge >= 0.3 is 0 Å². The standard InChI is InChI=1S/C13H12INO2/c1-9(16)13-7-6-12(8-15-13)17-11-4-2-10(14)3-5-11/h2-9,16H,1H3/t9-/m1/s1. The van der Waals surface area contributed by atoms with Crippen molar-refractivity contribution in [1.29, 1.82) is 0 Å². The first-order valence-electron chi connectivity index (χ1n) is 5.22. The van der Waals surface area contributed by atoms with Gasteiger partial charge in [0.05, 0.1) is 18.0 Å². The molecule has 1 heterocycles. The molecule has 1 atom stereocenters. The lowest BCUT2D eigenvalue weighted by Crippen LogP contribution is -1.95. The first-order valence-corrected chi connectivity index (χ1v) is 6.30. The van der Waals surface area contributed by atoms with Crippen LogP contribution in [0.1, 0.15) is 18.7 Å². The number of benzene rings is 1. The molecule has 0 aliphatic rings. The maximum atomic E-state index is 9.33. The van der Waals surface area contributed by atoms with E-state index in [-0.39, 0.29) is 0 Å². The molecule has 88 valence electrons. The van der Waals surface area contributed by atoms with Gasteiger partial charge < -0.3 is 9.84 Å². The molecule has 2 aromatic rings. The lowest BCUT2D eigenvalue weighted by atomic mass is 10.2. The minimum absolute atomic E-state index is 0.553. The molecule has 0 bridgehead atoms. The van der Waals surface area contributed by atoms with Gasteiger partial charge in [0, 0.05) is 3.57 Å². The van der Waals surface area contributed by atoms with E-state index in [2.05, 4.69) is 27.6 Å². The summed E-state index contributed by atoms with van der Waals surface area (Å²) in [6, 6.07) is 11.3. The van der Waals surface area contributed by atoms with E-state index in [1.165, 1.54) is 0 Å². The summed E-state index contributed by atoms with van der Waals surface area (Å²) in [5.74, 6) is 1.44. The number of ether oxygens (including phenoxy) is 1. The van der Waals surface area contributed by atoms with E-state index < -0.39 is 6.10 Å². The van der Waals surface area contributed by atoms with Crippen molar-refractivity contribution in [3.63, 3.8) is 0 Å². The number of pyridine rings is 1. The number of hydrogen-bond donors (Lipinski definition) is 1. The van der Waals surface area contributed by atoms with Crippen molar-refractivity contribution in [2.45, 2.75) is 13.0 Å². The predicted octanol–water partition coefficient (Wildman–Crippen LogP) is 3.53. The predicted molar refractivity (Wildman–Crippen MR) is 74.1 cm³/mol. The largest absolute Gasteiger partial charge is 0.456 e. The van der Waals surface area contributed by atoms with Crippen LogP contribution in [0.25, 0.3) is 0 Å². The molecule has 0 fully saturated rings. The van der Waals surface area contributed by atoms with E-state index >= 15 is 0 Å². The Morgan fingerprint density at radius 2 is 1.76 bits per heavy atom. The summed E-state index contributed by atoms with van der Waals surface area (Å²) in [6.07, 6.45) is 1.06. The number of rotatable bonds is 3. The molecular weight excluding hydrogens is 329 g/mol. The Bertz CT molecular complexity index is 480. The highest BCUT2D eigenvalue weighted by molar-refractivity contribution is 14.1. The molecule has 0 saturated heterocycles. The molecule has 1 N–H and O–H groups in total. The van der Waals surface area contributed by atoms with E-state index in [4.69, 9.17) is 4.74 Å². The van der Waals surface area contributed by atoms with Gasteiger partial charge in [0.1, 0.15) is 11.5 Å². The molecule has 0 unspecified atom stereocenters. The van der Waals surface area contributed by atoms with Crippen molar-refractivity contribution in [1.82, 2.24) is 4.98 Å². The molecule has 2 rings (SSSR count). The smallest absolute Gasteiger partial charge is 0.145 e. The summed E-state index contributed by atoms with van der Waals surface area (Å²) in [5, 5.41) is 9.33. The molecular formula is C13H12INO2. The Morgan fingerprint density at radius 1 is 1.12 bits per heavy atom. The van der Waals surface area contributed by atoms with Crippen molar-refractivity contribution < 1.29 is 9.84 Å². The zero-order valence-electron chi connectivity index (χ0n) is 9.30.